The van der Waals surface area contributed by atoms with Crippen LogP contribution >= 0.6 is 39.5 Å². The Morgan fingerprint density at radius 1 is 1.32 bits per heavy atom. The maximum Gasteiger partial charge on any atom is 0.144 e. The molecule has 0 aromatic carbocycles. The fourth-order valence-corrected chi connectivity index (χ4v) is 5.22. The van der Waals surface area contributed by atoms with E-state index >= 15 is 0 Å². The summed E-state index contributed by atoms with van der Waals surface area (Å²) in [6.07, 6.45) is 2.01. The van der Waals surface area contributed by atoms with Crippen LogP contribution in [0.25, 0.3) is 0 Å². The van der Waals surface area contributed by atoms with E-state index in [2.05, 4.69) is 41.7 Å². The highest BCUT2D eigenvalue weighted by Gasteiger charge is 2.29. The monoisotopic (exact) mass is 361 g/mol. The Morgan fingerprint density at radius 3 is 2.68 bits per heavy atom. The molecule has 1 saturated heterocycles. The summed E-state index contributed by atoms with van der Waals surface area (Å²) in [5.41, 5.74) is 7.05. The van der Waals surface area contributed by atoms with Gasteiger partial charge in [-0.25, -0.2) is 9.97 Å². The first-order valence-corrected chi connectivity index (χ1v) is 9.40. The first kappa shape index (κ1) is 15.4. The highest BCUT2D eigenvalue weighted by molar-refractivity contribution is 9.10. The Bertz CT molecular complexity index is 456. The summed E-state index contributed by atoms with van der Waals surface area (Å²) in [5, 5.41) is 1.69. The number of aromatic nitrogens is 2. The average molecular weight is 362 g/mol. The molecule has 0 amide bonds. The fraction of sp³-hybridized carbons (Fsp3) is 0.692. The number of aryl methyl sites for hydroxylation is 1. The Balaban J connectivity index is 2.25. The van der Waals surface area contributed by atoms with Crippen LogP contribution in [0.1, 0.15) is 44.0 Å². The van der Waals surface area contributed by atoms with E-state index < -0.39 is 0 Å². The molecule has 0 radical (unpaired) electrons. The Kier molecular flexibility index (Phi) is 5.43. The van der Waals surface area contributed by atoms with Gasteiger partial charge in [0.2, 0.25) is 0 Å². The van der Waals surface area contributed by atoms with Crippen LogP contribution in [-0.2, 0) is 6.42 Å². The molecule has 2 N–H and O–H groups in total. The average Bonchev–Trinajstić information content (AvgIpc) is 2.38. The predicted octanol–water partition coefficient (Wildman–Crippen LogP) is 4.07. The smallest absolute Gasteiger partial charge is 0.144 e. The van der Waals surface area contributed by atoms with E-state index in [4.69, 9.17) is 10.7 Å². The lowest BCUT2D eigenvalue weighted by molar-refractivity contribution is 0.813. The summed E-state index contributed by atoms with van der Waals surface area (Å²) in [6, 6.07) is 0. The van der Waals surface area contributed by atoms with Gasteiger partial charge in [0.1, 0.15) is 11.6 Å². The zero-order chi connectivity index (χ0) is 14.0. The van der Waals surface area contributed by atoms with Gasteiger partial charge < -0.3 is 5.73 Å². The van der Waals surface area contributed by atoms with Crippen LogP contribution in [-0.4, -0.2) is 26.2 Å². The highest BCUT2D eigenvalue weighted by atomic mass is 79.9. The third-order valence-electron chi connectivity index (χ3n) is 3.29. The van der Waals surface area contributed by atoms with Gasteiger partial charge >= 0.3 is 0 Å². The maximum absolute atomic E-state index is 6.01. The van der Waals surface area contributed by atoms with E-state index in [0.29, 0.717) is 21.6 Å². The lowest BCUT2D eigenvalue weighted by Gasteiger charge is -2.30. The highest BCUT2D eigenvalue weighted by Crippen LogP contribution is 2.43. The lowest BCUT2D eigenvalue weighted by atomic mass is 10.2. The summed E-state index contributed by atoms with van der Waals surface area (Å²) in [5.74, 6) is 2.55. The van der Waals surface area contributed by atoms with Gasteiger partial charge in [0, 0.05) is 16.3 Å². The number of nitrogens with two attached hydrogens (primary N) is 1. The largest absolute Gasteiger partial charge is 0.383 e. The molecule has 1 fully saturated rings. The molecule has 1 aromatic heterocycles. The van der Waals surface area contributed by atoms with Crippen molar-refractivity contribution in [1.29, 1.82) is 0 Å². The third kappa shape index (κ3) is 3.58. The quantitative estimate of drug-likeness (QED) is 0.878. The number of hydrogen-bond donors (Lipinski definition) is 1. The molecule has 0 aliphatic carbocycles. The minimum absolute atomic E-state index is 0.363. The van der Waals surface area contributed by atoms with E-state index in [-0.39, 0.29) is 0 Å². The number of anilines is 1. The van der Waals surface area contributed by atoms with Gasteiger partial charge in [0.15, 0.2) is 0 Å². The van der Waals surface area contributed by atoms with Gasteiger partial charge in [0.25, 0.3) is 0 Å². The second-order valence-corrected chi connectivity index (χ2v) is 8.63. The van der Waals surface area contributed by atoms with E-state index in [1.807, 2.05) is 23.5 Å². The predicted molar refractivity (Wildman–Crippen MR) is 89.9 cm³/mol. The lowest BCUT2D eigenvalue weighted by Crippen LogP contribution is -2.23. The van der Waals surface area contributed by atoms with Gasteiger partial charge in [-0.05, 0) is 22.4 Å². The van der Waals surface area contributed by atoms with E-state index in [9.17, 15) is 0 Å². The van der Waals surface area contributed by atoms with Gasteiger partial charge in [-0.3, -0.25) is 0 Å². The minimum Gasteiger partial charge on any atom is -0.383 e. The Labute approximate surface area is 132 Å². The molecule has 2 heterocycles. The standard InChI is InChI=1S/C13H20BrN3S2/c1-4-5-9-11(14)12(15)17-13(16-9)10-6-18-7(2)8(3)19-10/h7-8,10H,4-6H2,1-3H3,(H2,15,16,17). The molecular weight excluding hydrogens is 342 g/mol. The molecule has 3 nitrogen and oxygen atoms in total. The van der Waals surface area contributed by atoms with Crippen molar-refractivity contribution in [2.75, 3.05) is 11.5 Å². The van der Waals surface area contributed by atoms with Crippen molar-refractivity contribution in [3.05, 3.63) is 16.0 Å². The number of nitrogens with zero attached hydrogens (tertiary/aromatic N) is 2. The molecule has 1 aromatic rings. The van der Waals surface area contributed by atoms with Crippen molar-refractivity contribution in [2.45, 2.75) is 49.4 Å². The Morgan fingerprint density at radius 2 is 2.05 bits per heavy atom. The molecule has 2 rings (SSSR count). The summed E-state index contributed by atoms with van der Waals surface area (Å²) in [7, 11) is 0. The molecule has 106 valence electrons. The van der Waals surface area contributed by atoms with Crippen molar-refractivity contribution < 1.29 is 0 Å². The van der Waals surface area contributed by atoms with Gasteiger partial charge in [0.05, 0.1) is 15.4 Å². The molecular formula is C13H20BrN3S2. The van der Waals surface area contributed by atoms with Gasteiger partial charge in [-0.2, -0.15) is 11.8 Å². The molecule has 1 aliphatic rings. The first-order valence-electron chi connectivity index (χ1n) is 6.61. The second kappa shape index (κ2) is 6.68. The summed E-state index contributed by atoms with van der Waals surface area (Å²) in [6.45, 7) is 6.72. The van der Waals surface area contributed by atoms with Gasteiger partial charge in [-0.15, -0.1) is 11.8 Å². The fourth-order valence-electron chi connectivity index (χ4n) is 2.00. The van der Waals surface area contributed by atoms with Crippen molar-refractivity contribution in [3.63, 3.8) is 0 Å². The summed E-state index contributed by atoms with van der Waals surface area (Å²) >= 11 is 7.48. The normalized spacial score (nSPS) is 27.5. The SMILES string of the molecule is CCCc1nc(C2CSC(C)C(C)S2)nc(N)c1Br. The summed E-state index contributed by atoms with van der Waals surface area (Å²) < 4.78 is 0.868. The van der Waals surface area contributed by atoms with Crippen molar-refractivity contribution in [2.24, 2.45) is 0 Å². The molecule has 0 spiro atoms. The topological polar surface area (TPSA) is 51.8 Å². The number of hydrogen-bond acceptors (Lipinski definition) is 5. The van der Waals surface area contributed by atoms with Crippen LogP contribution in [0.5, 0.6) is 0 Å². The molecule has 3 unspecified atom stereocenters. The van der Waals surface area contributed by atoms with E-state index in [0.717, 1.165) is 34.6 Å². The molecule has 6 heteroatoms. The third-order valence-corrected chi connectivity index (χ3v) is 7.54. The second-order valence-electron chi connectivity index (χ2n) is 4.85. The van der Waals surface area contributed by atoms with Crippen LogP contribution in [0.15, 0.2) is 4.47 Å². The van der Waals surface area contributed by atoms with E-state index in [1.54, 1.807) is 0 Å². The van der Waals surface area contributed by atoms with Gasteiger partial charge in [-0.1, -0.05) is 27.2 Å². The van der Waals surface area contributed by atoms with Crippen LogP contribution < -0.4 is 5.73 Å². The zero-order valence-electron chi connectivity index (χ0n) is 11.5. The molecule has 1 aliphatic heterocycles. The van der Waals surface area contributed by atoms with Crippen molar-refractivity contribution in [3.8, 4) is 0 Å². The van der Waals surface area contributed by atoms with Crippen LogP contribution in [0, 0.1) is 0 Å². The molecule has 0 saturated carbocycles. The number of thioether (sulfide) groups is 2. The van der Waals surface area contributed by atoms with Crippen LogP contribution in [0.2, 0.25) is 0 Å². The number of halogens is 1. The Hall–Kier alpha value is 0.0600. The van der Waals surface area contributed by atoms with Crippen LogP contribution in [0.4, 0.5) is 5.82 Å². The number of rotatable bonds is 3. The first-order chi connectivity index (χ1) is 9.02. The van der Waals surface area contributed by atoms with Crippen molar-refractivity contribution >= 4 is 45.3 Å². The number of nitrogen functional groups attached to an aromatic ring is 1. The molecule has 0 bridgehead atoms. The minimum atomic E-state index is 0.363. The molecule has 3 atom stereocenters. The zero-order valence-corrected chi connectivity index (χ0v) is 14.7. The van der Waals surface area contributed by atoms with Crippen molar-refractivity contribution in [1.82, 2.24) is 9.97 Å². The maximum atomic E-state index is 6.01. The molecule has 19 heavy (non-hydrogen) atoms. The van der Waals surface area contributed by atoms with E-state index in [1.165, 1.54) is 0 Å². The van der Waals surface area contributed by atoms with Crippen LogP contribution in [0.3, 0.4) is 0 Å². The summed E-state index contributed by atoms with van der Waals surface area (Å²) in [4.78, 5) is 9.22.